The third-order valence-corrected chi connectivity index (χ3v) is 3.18. The Labute approximate surface area is 91.5 Å². The zero-order chi connectivity index (χ0) is 10.1. The normalized spacial score (nSPS) is 23.6. The maximum Gasteiger partial charge on any atom is 0.320 e. The molecule has 0 spiro atoms. The van der Waals surface area contributed by atoms with Gasteiger partial charge in [-0.25, -0.2) is 0 Å². The first-order chi connectivity index (χ1) is 5.92. The zero-order valence-electron chi connectivity index (χ0n) is 8.82. The number of hydrogen-bond acceptors (Lipinski definition) is 2. The lowest BCUT2D eigenvalue weighted by Gasteiger charge is -2.35. The van der Waals surface area contributed by atoms with Crippen LogP contribution < -0.4 is 5.73 Å². The van der Waals surface area contributed by atoms with E-state index >= 15 is 0 Å². The second kappa shape index (κ2) is 4.99. The number of carbonyl (C=O) groups is 1. The summed E-state index contributed by atoms with van der Waals surface area (Å²) in [4.78, 5) is 10.6. The van der Waals surface area contributed by atoms with Crippen molar-refractivity contribution in [1.82, 2.24) is 0 Å². The molecule has 0 saturated heterocycles. The highest BCUT2D eigenvalue weighted by atomic mass is 35.5. The summed E-state index contributed by atoms with van der Waals surface area (Å²) in [5.74, 6) is -0.671. The third kappa shape index (κ3) is 3.46. The molecule has 0 aromatic rings. The summed E-state index contributed by atoms with van der Waals surface area (Å²) in [5.41, 5.74) is 5.96. The summed E-state index contributed by atoms with van der Waals surface area (Å²) in [7, 11) is 0. The van der Waals surface area contributed by atoms with E-state index in [1.807, 2.05) is 0 Å². The molecule has 14 heavy (non-hydrogen) atoms. The summed E-state index contributed by atoms with van der Waals surface area (Å²) in [5, 5.41) is 8.74. The van der Waals surface area contributed by atoms with Crippen molar-refractivity contribution in [1.29, 1.82) is 0 Å². The highest BCUT2D eigenvalue weighted by Crippen LogP contribution is 2.38. The number of carboxylic acids is 1. The Morgan fingerprint density at radius 3 is 2.21 bits per heavy atom. The van der Waals surface area contributed by atoms with E-state index in [2.05, 4.69) is 13.8 Å². The van der Waals surface area contributed by atoms with E-state index in [1.54, 1.807) is 0 Å². The fourth-order valence-corrected chi connectivity index (χ4v) is 1.98. The van der Waals surface area contributed by atoms with E-state index in [0.717, 1.165) is 25.7 Å². The SMILES string of the molecule is CC1(C)CCC(C(N)C(=O)O)CC1.Cl. The standard InChI is InChI=1S/C10H19NO2.ClH/c1-10(2)5-3-7(4-6-10)8(11)9(12)13;/h7-8H,3-6,11H2,1-2H3,(H,12,13);1H. The molecule has 1 rings (SSSR count). The molecule has 3 nitrogen and oxygen atoms in total. The van der Waals surface area contributed by atoms with Crippen LogP contribution in [-0.2, 0) is 4.79 Å². The van der Waals surface area contributed by atoms with E-state index in [9.17, 15) is 4.79 Å². The van der Waals surface area contributed by atoms with Crippen molar-refractivity contribution in [3.8, 4) is 0 Å². The van der Waals surface area contributed by atoms with Gasteiger partial charge >= 0.3 is 5.97 Å². The zero-order valence-corrected chi connectivity index (χ0v) is 9.64. The van der Waals surface area contributed by atoms with Crippen LogP contribution in [0.1, 0.15) is 39.5 Å². The van der Waals surface area contributed by atoms with Crippen molar-refractivity contribution in [2.24, 2.45) is 17.1 Å². The second-order valence-electron chi connectivity index (χ2n) is 4.87. The van der Waals surface area contributed by atoms with Gasteiger partial charge in [-0.05, 0) is 37.0 Å². The number of rotatable bonds is 2. The first-order valence-electron chi connectivity index (χ1n) is 4.91. The molecule has 1 atom stereocenters. The van der Waals surface area contributed by atoms with Gasteiger partial charge < -0.3 is 10.8 Å². The monoisotopic (exact) mass is 221 g/mol. The van der Waals surface area contributed by atoms with Crippen LogP contribution in [0.4, 0.5) is 0 Å². The number of halogens is 1. The maximum atomic E-state index is 10.6. The van der Waals surface area contributed by atoms with Crippen molar-refractivity contribution in [2.75, 3.05) is 0 Å². The van der Waals surface area contributed by atoms with Gasteiger partial charge in [-0.2, -0.15) is 0 Å². The Morgan fingerprint density at radius 2 is 1.86 bits per heavy atom. The van der Waals surface area contributed by atoms with Crippen LogP contribution in [0.5, 0.6) is 0 Å². The van der Waals surface area contributed by atoms with Crippen molar-refractivity contribution >= 4 is 18.4 Å². The van der Waals surface area contributed by atoms with Crippen LogP contribution in [0.15, 0.2) is 0 Å². The highest BCUT2D eigenvalue weighted by Gasteiger charge is 2.32. The fraction of sp³-hybridized carbons (Fsp3) is 0.900. The lowest BCUT2D eigenvalue weighted by Crippen LogP contribution is -2.40. The summed E-state index contributed by atoms with van der Waals surface area (Å²) in [6.07, 6.45) is 4.11. The number of aliphatic carboxylic acids is 1. The number of nitrogens with two attached hydrogens (primary N) is 1. The van der Waals surface area contributed by atoms with Crippen LogP contribution in [0.25, 0.3) is 0 Å². The van der Waals surface area contributed by atoms with Gasteiger partial charge in [0.2, 0.25) is 0 Å². The topological polar surface area (TPSA) is 63.3 Å². The molecule has 4 heteroatoms. The summed E-state index contributed by atoms with van der Waals surface area (Å²) < 4.78 is 0. The van der Waals surface area contributed by atoms with E-state index in [1.165, 1.54) is 0 Å². The Kier molecular flexibility index (Phi) is 4.89. The molecular formula is C10H20ClNO2. The average molecular weight is 222 g/mol. The average Bonchev–Trinajstić information content (AvgIpc) is 2.03. The molecule has 1 fully saturated rings. The van der Waals surface area contributed by atoms with Gasteiger partial charge in [0.1, 0.15) is 6.04 Å². The van der Waals surface area contributed by atoms with E-state index in [4.69, 9.17) is 10.8 Å². The van der Waals surface area contributed by atoms with E-state index in [-0.39, 0.29) is 18.3 Å². The Hall–Kier alpha value is -0.280. The minimum atomic E-state index is -0.857. The predicted molar refractivity (Wildman–Crippen MR) is 58.6 cm³/mol. The fourth-order valence-electron chi connectivity index (χ4n) is 1.98. The molecule has 1 aliphatic carbocycles. The smallest absolute Gasteiger partial charge is 0.320 e. The van der Waals surface area contributed by atoms with Gasteiger partial charge in [0, 0.05) is 0 Å². The van der Waals surface area contributed by atoms with Crippen LogP contribution >= 0.6 is 12.4 Å². The molecule has 0 radical (unpaired) electrons. The van der Waals surface area contributed by atoms with Gasteiger partial charge in [-0.15, -0.1) is 12.4 Å². The van der Waals surface area contributed by atoms with Gasteiger partial charge in [0.15, 0.2) is 0 Å². The lowest BCUT2D eigenvalue weighted by molar-refractivity contribution is -0.140. The Morgan fingerprint density at radius 1 is 1.43 bits per heavy atom. The quantitative estimate of drug-likeness (QED) is 0.750. The molecule has 1 aliphatic rings. The van der Waals surface area contributed by atoms with Gasteiger partial charge in [0.05, 0.1) is 0 Å². The molecule has 0 aliphatic heterocycles. The second-order valence-corrected chi connectivity index (χ2v) is 4.87. The molecule has 0 aromatic heterocycles. The van der Waals surface area contributed by atoms with Crippen LogP contribution in [-0.4, -0.2) is 17.1 Å². The van der Waals surface area contributed by atoms with Gasteiger partial charge in [-0.3, -0.25) is 4.79 Å². The molecule has 84 valence electrons. The first-order valence-corrected chi connectivity index (χ1v) is 4.91. The first kappa shape index (κ1) is 13.7. The molecular weight excluding hydrogens is 202 g/mol. The van der Waals surface area contributed by atoms with Crippen LogP contribution in [0, 0.1) is 11.3 Å². The number of carboxylic acid groups (broad SMARTS) is 1. The minimum absolute atomic E-state index is 0. The summed E-state index contributed by atoms with van der Waals surface area (Å²) in [6.45, 7) is 4.46. The van der Waals surface area contributed by atoms with Crippen molar-refractivity contribution in [3.63, 3.8) is 0 Å². The van der Waals surface area contributed by atoms with Crippen molar-refractivity contribution in [2.45, 2.75) is 45.6 Å². The Bertz CT molecular complexity index is 196. The Balaban J connectivity index is 0.00000169. The molecule has 0 heterocycles. The molecule has 0 bridgehead atoms. The van der Waals surface area contributed by atoms with Crippen LogP contribution in [0.3, 0.4) is 0 Å². The number of hydrogen-bond donors (Lipinski definition) is 2. The lowest BCUT2D eigenvalue weighted by atomic mass is 9.71. The highest BCUT2D eigenvalue weighted by molar-refractivity contribution is 5.85. The van der Waals surface area contributed by atoms with Crippen molar-refractivity contribution < 1.29 is 9.90 Å². The molecule has 0 amide bonds. The van der Waals surface area contributed by atoms with Gasteiger partial charge in [-0.1, -0.05) is 13.8 Å². The maximum absolute atomic E-state index is 10.6. The van der Waals surface area contributed by atoms with Gasteiger partial charge in [0.25, 0.3) is 0 Å². The van der Waals surface area contributed by atoms with Crippen molar-refractivity contribution in [3.05, 3.63) is 0 Å². The van der Waals surface area contributed by atoms with Crippen LogP contribution in [0.2, 0.25) is 0 Å². The minimum Gasteiger partial charge on any atom is -0.480 e. The van der Waals surface area contributed by atoms with E-state index < -0.39 is 12.0 Å². The predicted octanol–water partition coefficient (Wildman–Crippen LogP) is 2.04. The summed E-state index contributed by atoms with van der Waals surface area (Å²) in [6, 6.07) is -0.656. The molecule has 3 N–H and O–H groups in total. The molecule has 1 unspecified atom stereocenters. The summed E-state index contributed by atoms with van der Waals surface area (Å²) >= 11 is 0. The molecule has 1 saturated carbocycles. The molecule has 0 aromatic carbocycles. The largest absolute Gasteiger partial charge is 0.480 e. The third-order valence-electron chi connectivity index (χ3n) is 3.18. The van der Waals surface area contributed by atoms with E-state index in [0.29, 0.717) is 5.41 Å².